The van der Waals surface area contributed by atoms with Gasteiger partial charge in [-0.05, 0) is 49.7 Å². The molecule has 9 heteroatoms. The Hall–Kier alpha value is -2.91. The zero-order valence-electron chi connectivity index (χ0n) is 16.7. The molecule has 156 valence electrons. The number of benzene rings is 2. The second-order valence-corrected chi connectivity index (χ2v) is 8.69. The molecular formula is C20H24N2O6S. The summed E-state index contributed by atoms with van der Waals surface area (Å²) in [5.41, 5.74) is 1.26. The molecule has 0 aromatic heterocycles. The van der Waals surface area contributed by atoms with Crippen LogP contribution in [0.15, 0.2) is 53.4 Å². The van der Waals surface area contributed by atoms with E-state index in [0.717, 1.165) is 9.87 Å². The van der Waals surface area contributed by atoms with Gasteiger partial charge in [-0.3, -0.25) is 4.79 Å². The molecule has 0 radical (unpaired) electrons. The maximum absolute atomic E-state index is 12.3. The highest BCUT2D eigenvalue weighted by atomic mass is 32.2. The Morgan fingerprint density at radius 1 is 1.10 bits per heavy atom. The number of anilines is 1. The molecule has 8 nitrogen and oxygen atoms in total. The van der Waals surface area contributed by atoms with E-state index in [1.165, 1.54) is 39.2 Å². The van der Waals surface area contributed by atoms with Crippen molar-refractivity contribution >= 4 is 27.6 Å². The molecule has 0 saturated heterocycles. The van der Waals surface area contributed by atoms with E-state index >= 15 is 0 Å². The Labute approximate surface area is 170 Å². The van der Waals surface area contributed by atoms with Crippen LogP contribution in [0.25, 0.3) is 0 Å². The molecule has 0 aliphatic heterocycles. The van der Waals surface area contributed by atoms with E-state index in [1.54, 1.807) is 24.3 Å². The molecule has 0 aliphatic carbocycles. The van der Waals surface area contributed by atoms with Gasteiger partial charge in [0.05, 0.1) is 4.90 Å². The monoisotopic (exact) mass is 420 g/mol. The molecule has 1 atom stereocenters. The van der Waals surface area contributed by atoms with Crippen LogP contribution in [0.5, 0.6) is 5.75 Å². The number of esters is 1. The minimum Gasteiger partial charge on any atom is -0.482 e. The number of hydrogen-bond donors (Lipinski definition) is 1. The maximum atomic E-state index is 12.3. The highest BCUT2D eigenvalue weighted by molar-refractivity contribution is 7.89. The third-order valence-corrected chi connectivity index (χ3v) is 5.71. The zero-order chi connectivity index (χ0) is 21.6. The summed E-state index contributed by atoms with van der Waals surface area (Å²) in [5.74, 6) is -0.760. The van der Waals surface area contributed by atoms with Crippen molar-refractivity contribution in [3.8, 4) is 5.75 Å². The average molecular weight is 420 g/mol. The van der Waals surface area contributed by atoms with Gasteiger partial charge in [0, 0.05) is 19.8 Å². The van der Waals surface area contributed by atoms with Crippen molar-refractivity contribution in [2.75, 3.05) is 26.0 Å². The fraction of sp³-hybridized carbons (Fsp3) is 0.300. The standard InChI is InChI=1S/C20H24N2O6S/c1-14-7-5-9-17(11-14)27-13-19(23)28-15(2)20(24)21-16-8-6-10-18(12-16)29(25,26)22(3)4/h5-12,15H,13H2,1-4H3,(H,21,24)/t15-/m0/s1. The Balaban J connectivity index is 1.92. The molecule has 2 rings (SSSR count). The Kier molecular flexibility index (Phi) is 7.35. The first-order valence-electron chi connectivity index (χ1n) is 8.82. The van der Waals surface area contributed by atoms with E-state index in [2.05, 4.69) is 5.32 Å². The van der Waals surface area contributed by atoms with Gasteiger partial charge in [-0.1, -0.05) is 18.2 Å². The zero-order valence-corrected chi connectivity index (χ0v) is 17.5. The number of aryl methyl sites for hydroxylation is 1. The molecule has 0 bridgehead atoms. The number of ether oxygens (including phenoxy) is 2. The summed E-state index contributed by atoms with van der Waals surface area (Å²) in [5, 5.41) is 2.54. The number of carbonyl (C=O) groups is 2. The molecule has 0 unspecified atom stereocenters. The Morgan fingerprint density at radius 3 is 2.45 bits per heavy atom. The summed E-state index contributed by atoms with van der Waals surface area (Å²) < 4.78 is 35.9. The highest BCUT2D eigenvalue weighted by Gasteiger charge is 2.20. The quantitative estimate of drug-likeness (QED) is 0.657. The number of nitrogens with one attached hydrogen (secondary N) is 1. The average Bonchev–Trinajstić information content (AvgIpc) is 2.66. The van der Waals surface area contributed by atoms with Crippen molar-refractivity contribution in [2.45, 2.75) is 24.8 Å². The Bertz CT molecular complexity index is 988. The van der Waals surface area contributed by atoms with Gasteiger partial charge >= 0.3 is 5.97 Å². The van der Waals surface area contributed by atoms with Gasteiger partial charge < -0.3 is 14.8 Å². The molecule has 0 saturated carbocycles. The fourth-order valence-corrected chi connectivity index (χ4v) is 3.27. The lowest BCUT2D eigenvalue weighted by molar-refractivity contribution is -0.155. The second-order valence-electron chi connectivity index (χ2n) is 6.54. The maximum Gasteiger partial charge on any atom is 0.344 e. The summed E-state index contributed by atoms with van der Waals surface area (Å²) in [6.45, 7) is 2.98. The van der Waals surface area contributed by atoms with Gasteiger partial charge in [0.1, 0.15) is 5.75 Å². The molecule has 2 aromatic carbocycles. The van der Waals surface area contributed by atoms with Crippen LogP contribution < -0.4 is 10.1 Å². The molecule has 1 N–H and O–H groups in total. The predicted octanol–water partition coefficient (Wildman–Crippen LogP) is 2.19. The fourth-order valence-electron chi connectivity index (χ4n) is 2.32. The lowest BCUT2D eigenvalue weighted by atomic mass is 10.2. The van der Waals surface area contributed by atoms with Crippen molar-refractivity contribution in [1.82, 2.24) is 4.31 Å². The van der Waals surface area contributed by atoms with E-state index in [9.17, 15) is 18.0 Å². The number of hydrogen-bond acceptors (Lipinski definition) is 6. The van der Waals surface area contributed by atoms with E-state index in [4.69, 9.17) is 9.47 Å². The summed E-state index contributed by atoms with van der Waals surface area (Å²) in [6, 6.07) is 13.0. The largest absolute Gasteiger partial charge is 0.482 e. The van der Waals surface area contributed by atoms with Gasteiger partial charge in [0.2, 0.25) is 10.0 Å². The summed E-state index contributed by atoms with van der Waals surface area (Å²) in [6.07, 6.45) is -1.09. The minimum absolute atomic E-state index is 0.0384. The summed E-state index contributed by atoms with van der Waals surface area (Å²) in [7, 11) is -0.796. The molecule has 0 aliphatic rings. The van der Waals surface area contributed by atoms with Crippen LogP contribution in [-0.4, -0.2) is 51.4 Å². The molecule has 2 aromatic rings. The highest BCUT2D eigenvalue weighted by Crippen LogP contribution is 2.18. The van der Waals surface area contributed by atoms with Crippen LogP contribution in [0.4, 0.5) is 5.69 Å². The van der Waals surface area contributed by atoms with Crippen molar-refractivity contribution in [3.05, 3.63) is 54.1 Å². The van der Waals surface area contributed by atoms with E-state index in [-0.39, 0.29) is 17.2 Å². The molecule has 0 fully saturated rings. The number of carbonyl (C=O) groups excluding carboxylic acids is 2. The second kappa shape index (κ2) is 9.53. The third kappa shape index (κ3) is 6.30. The van der Waals surface area contributed by atoms with Crippen molar-refractivity contribution in [3.63, 3.8) is 0 Å². The van der Waals surface area contributed by atoms with Gasteiger partial charge in [-0.25, -0.2) is 17.5 Å². The van der Waals surface area contributed by atoms with Crippen LogP contribution in [0.2, 0.25) is 0 Å². The van der Waals surface area contributed by atoms with Gasteiger partial charge in [-0.15, -0.1) is 0 Å². The van der Waals surface area contributed by atoms with Gasteiger partial charge in [0.15, 0.2) is 12.7 Å². The van der Waals surface area contributed by atoms with Gasteiger partial charge in [0.25, 0.3) is 5.91 Å². The topological polar surface area (TPSA) is 102 Å². The molecule has 0 heterocycles. The number of amides is 1. The van der Waals surface area contributed by atoms with Crippen molar-refractivity contribution < 1.29 is 27.5 Å². The molecular weight excluding hydrogens is 396 g/mol. The number of sulfonamides is 1. The SMILES string of the molecule is Cc1cccc(OCC(=O)O[C@@H](C)C(=O)Nc2cccc(S(=O)(=O)N(C)C)c2)c1. The third-order valence-electron chi connectivity index (χ3n) is 3.90. The number of nitrogens with zero attached hydrogens (tertiary/aromatic N) is 1. The van der Waals surface area contributed by atoms with Crippen molar-refractivity contribution in [1.29, 1.82) is 0 Å². The molecule has 1 amide bonds. The van der Waals surface area contributed by atoms with Crippen LogP contribution in [0, 0.1) is 6.92 Å². The van der Waals surface area contributed by atoms with E-state index < -0.39 is 28.0 Å². The lowest BCUT2D eigenvalue weighted by Crippen LogP contribution is -2.31. The van der Waals surface area contributed by atoms with Crippen molar-refractivity contribution in [2.24, 2.45) is 0 Å². The first-order valence-corrected chi connectivity index (χ1v) is 10.3. The lowest BCUT2D eigenvalue weighted by Gasteiger charge is -2.15. The van der Waals surface area contributed by atoms with Crippen LogP contribution in [0.3, 0.4) is 0 Å². The predicted molar refractivity (Wildman–Crippen MR) is 108 cm³/mol. The van der Waals surface area contributed by atoms with E-state index in [0.29, 0.717) is 5.75 Å². The van der Waals surface area contributed by atoms with Crippen LogP contribution >= 0.6 is 0 Å². The normalized spacial score (nSPS) is 12.3. The first kappa shape index (κ1) is 22.4. The Morgan fingerprint density at radius 2 is 1.79 bits per heavy atom. The summed E-state index contributed by atoms with van der Waals surface area (Å²) >= 11 is 0. The molecule has 0 spiro atoms. The van der Waals surface area contributed by atoms with Crippen LogP contribution in [0.1, 0.15) is 12.5 Å². The smallest absolute Gasteiger partial charge is 0.344 e. The van der Waals surface area contributed by atoms with Gasteiger partial charge in [-0.2, -0.15) is 0 Å². The molecule has 29 heavy (non-hydrogen) atoms. The summed E-state index contributed by atoms with van der Waals surface area (Å²) in [4.78, 5) is 24.2. The first-order chi connectivity index (χ1) is 13.6. The van der Waals surface area contributed by atoms with E-state index in [1.807, 2.05) is 13.0 Å². The number of rotatable bonds is 8. The minimum atomic E-state index is -3.63. The van der Waals surface area contributed by atoms with Crippen LogP contribution in [-0.2, 0) is 24.3 Å².